The molecule has 0 aromatic carbocycles. The minimum atomic E-state index is 0.212. The minimum Gasteiger partial charge on any atom is -0.327 e. The van der Waals surface area contributed by atoms with Gasteiger partial charge in [0.05, 0.1) is 23.9 Å². The number of fused-ring (bicyclic) bond motifs is 1. The average Bonchev–Trinajstić information content (AvgIpc) is 2.91. The van der Waals surface area contributed by atoms with E-state index < -0.39 is 0 Å². The number of rotatable bonds is 4. The van der Waals surface area contributed by atoms with Gasteiger partial charge in [-0.05, 0) is 50.2 Å². The summed E-state index contributed by atoms with van der Waals surface area (Å²) in [5.74, 6) is 0. The van der Waals surface area contributed by atoms with Gasteiger partial charge in [0.25, 0.3) is 0 Å². The van der Waals surface area contributed by atoms with E-state index in [0.29, 0.717) is 0 Å². The predicted octanol–water partition coefficient (Wildman–Crippen LogP) is 2.43. The maximum atomic E-state index is 6.04. The van der Waals surface area contributed by atoms with Crippen LogP contribution in [0.15, 0.2) is 24.8 Å². The highest BCUT2D eigenvalue weighted by molar-refractivity contribution is 5.36. The Morgan fingerprint density at radius 1 is 1.30 bits per heavy atom. The second-order valence-electron chi connectivity index (χ2n) is 5.64. The van der Waals surface area contributed by atoms with Crippen LogP contribution in [0, 0.1) is 0 Å². The van der Waals surface area contributed by atoms with Crippen molar-refractivity contribution in [2.24, 2.45) is 5.73 Å². The molecule has 0 radical (unpaired) electrons. The van der Waals surface area contributed by atoms with Gasteiger partial charge in [0.15, 0.2) is 0 Å². The van der Waals surface area contributed by atoms with Gasteiger partial charge in [0.1, 0.15) is 0 Å². The molecule has 2 aromatic rings. The number of aromatic nitrogens is 3. The van der Waals surface area contributed by atoms with Crippen molar-refractivity contribution in [1.29, 1.82) is 0 Å². The maximum Gasteiger partial charge on any atom is 0.0998 e. The third-order valence-electron chi connectivity index (χ3n) is 4.11. The van der Waals surface area contributed by atoms with E-state index in [-0.39, 0.29) is 6.04 Å². The van der Waals surface area contributed by atoms with Crippen molar-refractivity contribution >= 4 is 0 Å². The lowest BCUT2D eigenvalue weighted by Crippen LogP contribution is -2.21. The molecule has 1 atom stereocenters. The number of aryl methyl sites for hydroxylation is 1. The van der Waals surface area contributed by atoms with Gasteiger partial charge in [0, 0.05) is 17.9 Å². The molecule has 0 aliphatic heterocycles. The van der Waals surface area contributed by atoms with Crippen molar-refractivity contribution in [3.05, 3.63) is 41.7 Å². The number of pyridine rings is 1. The fourth-order valence-corrected chi connectivity index (χ4v) is 2.86. The van der Waals surface area contributed by atoms with Crippen LogP contribution in [0.2, 0.25) is 0 Å². The Morgan fingerprint density at radius 3 is 3.00 bits per heavy atom. The molecule has 4 nitrogen and oxygen atoms in total. The van der Waals surface area contributed by atoms with Gasteiger partial charge in [-0.15, -0.1) is 0 Å². The van der Waals surface area contributed by atoms with Gasteiger partial charge in [-0.25, -0.2) is 4.98 Å². The Bertz CT molecular complexity index is 588. The molecule has 4 heteroatoms. The number of nitrogens with two attached hydrogens (primary N) is 1. The summed E-state index contributed by atoms with van der Waals surface area (Å²) in [4.78, 5) is 8.92. The molecule has 1 aliphatic rings. The average molecular weight is 270 g/mol. The molecule has 0 saturated heterocycles. The van der Waals surface area contributed by atoms with Crippen LogP contribution in [0.1, 0.15) is 43.1 Å². The number of nitrogens with zero attached hydrogens (tertiary/aromatic N) is 3. The molecule has 2 heterocycles. The van der Waals surface area contributed by atoms with Crippen molar-refractivity contribution < 1.29 is 0 Å². The van der Waals surface area contributed by atoms with Gasteiger partial charge in [0.2, 0.25) is 0 Å². The quantitative estimate of drug-likeness (QED) is 0.928. The van der Waals surface area contributed by atoms with Gasteiger partial charge >= 0.3 is 0 Å². The number of hydrogen-bond acceptors (Lipinski definition) is 3. The smallest absolute Gasteiger partial charge is 0.0998 e. The highest BCUT2D eigenvalue weighted by atomic mass is 15.1. The SMILES string of the molecule is CCC(N)Cc1cncc(-n2cnc3c2CCCC3)c1. The first-order valence-corrected chi connectivity index (χ1v) is 7.53. The summed E-state index contributed by atoms with van der Waals surface area (Å²) in [5, 5.41) is 0. The third-order valence-corrected chi connectivity index (χ3v) is 4.11. The van der Waals surface area contributed by atoms with Crippen LogP contribution >= 0.6 is 0 Å². The Kier molecular flexibility index (Phi) is 3.83. The third kappa shape index (κ3) is 2.61. The highest BCUT2D eigenvalue weighted by Crippen LogP contribution is 2.23. The van der Waals surface area contributed by atoms with Crippen LogP contribution in [0.5, 0.6) is 0 Å². The molecule has 0 fully saturated rings. The standard InChI is InChI=1S/C16H22N4/c1-2-13(17)7-12-8-14(10-18-9-12)20-11-19-15-5-3-4-6-16(15)20/h8-11,13H,2-7,17H2,1H3. The van der Waals surface area contributed by atoms with E-state index in [4.69, 9.17) is 5.73 Å². The van der Waals surface area contributed by atoms with Crippen LogP contribution in [0.25, 0.3) is 5.69 Å². The van der Waals surface area contributed by atoms with Crippen molar-refractivity contribution in [3.63, 3.8) is 0 Å². The van der Waals surface area contributed by atoms with Gasteiger partial charge < -0.3 is 10.3 Å². The lowest BCUT2D eigenvalue weighted by atomic mass is 10.0. The van der Waals surface area contributed by atoms with Crippen LogP contribution in [-0.4, -0.2) is 20.6 Å². The van der Waals surface area contributed by atoms with E-state index in [9.17, 15) is 0 Å². The molecule has 0 spiro atoms. The van der Waals surface area contributed by atoms with E-state index >= 15 is 0 Å². The molecule has 2 aromatic heterocycles. The molecule has 1 unspecified atom stereocenters. The van der Waals surface area contributed by atoms with Crippen molar-refractivity contribution in [1.82, 2.24) is 14.5 Å². The first kappa shape index (κ1) is 13.3. The Hall–Kier alpha value is -1.68. The van der Waals surface area contributed by atoms with Crippen molar-refractivity contribution in [2.45, 2.75) is 51.5 Å². The minimum absolute atomic E-state index is 0.212. The molecule has 1 aliphatic carbocycles. The summed E-state index contributed by atoms with van der Waals surface area (Å²) in [7, 11) is 0. The summed E-state index contributed by atoms with van der Waals surface area (Å²) >= 11 is 0. The lowest BCUT2D eigenvalue weighted by Gasteiger charge is -2.15. The maximum absolute atomic E-state index is 6.04. The first-order chi connectivity index (χ1) is 9.78. The number of hydrogen-bond donors (Lipinski definition) is 1. The van der Waals surface area contributed by atoms with Crippen LogP contribution < -0.4 is 5.73 Å². The van der Waals surface area contributed by atoms with E-state index in [0.717, 1.165) is 31.4 Å². The normalized spacial score (nSPS) is 15.9. The van der Waals surface area contributed by atoms with E-state index in [1.165, 1.54) is 29.8 Å². The largest absolute Gasteiger partial charge is 0.327 e. The topological polar surface area (TPSA) is 56.7 Å². The van der Waals surface area contributed by atoms with Gasteiger partial charge in [-0.1, -0.05) is 6.92 Å². The zero-order valence-electron chi connectivity index (χ0n) is 12.0. The first-order valence-electron chi connectivity index (χ1n) is 7.53. The number of imidazole rings is 1. The van der Waals surface area contributed by atoms with Crippen LogP contribution in [0.4, 0.5) is 0 Å². The van der Waals surface area contributed by atoms with Gasteiger partial charge in [-0.3, -0.25) is 4.98 Å². The molecular weight excluding hydrogens is 248 g/mol. The molecule has 20 heavy (non-hydrogen) atoms. The summed E-state index contributed by atoms with van der Waals surface area (Å²) < 4.78 is 2.20. The van der Waals surface area contributed by atoms with Crippen molar-refractivity contribution in [2.75, 3.05) is 0 Å². The molecule has 2 N–H and O–H groups in total. The zero-order valence-corrected chi connectivity index (χ0v) is 12.0. The van der Waals surface area contributed by atoms with Crippen LogP contribution in [0.3, 0.4) is 0 Å². The van der Waals surface area contributed by atoms with E-state index in [2.05, 4.69) is 27.5 Å². The molecule has 0 saturated carbocycles. The second-order valence-corrected chi connectivity index (χ2v) is 5.64. The molecule has 0 amide bonds. The Balaban J connectivity index is 1.90. The highest BCUT2D eigenvalue weighted by Gasteiger charge is 2.16. The monoisotopic (exact) mass is 270 g/mol. The zero-order chi connectivity index (χ0) is 13.9. The van der Waals surface area contributed by atoms with Crippen LogP contribution in [-0.2, 0) is 19.3 Å². The Labute approximate surface area is 120 Å². The summed E-state index contributed by atoms with van der Waals surface area (Å²) in [6, 6.07) is 2.41. The Morgan fingerprint density at radius 2 is 2.15 bits per heavy atom. The summed E-state index contributed by atoms with van der Waals surface area (Å²) in [6.45, 7) is 2.12. The molecular formula is C16H22N4. The molecule has 106 valence electrons. The van der Waals surface area contributed by atoms with E-state index in [1.54, 1.807) is 0 Å². The predicted molar refractivity (Wildman–Crippen MR) is 80.0 cm³/mol. The lowest BCUT2D eigenvalue weighted by molar-refractivity contribution is 0.643. The van der Waals surface area contributed by atoms with Crippen molar-refractivity contribution in [3.8, 4) is 5.69 Å². The van der Waals surface area contributed by atoms with Gasteiger partial charge in [-0.2, -0.15) is 0 Å². The fourth-order valence-electron chi connectivity index (χ4n) is 2.86. The second kappa shape index (κ2) is 5.75. The molecule has 0 bridgehead atoms. The summed E-state index contributed by atoms with van der Waals surface area (Å²) in [6.07, 6.45) is 12.4. The van der Waals surface area contributed by atoms with E-state index in [1.807, 2.05) is 18.7 Å². The fraction of sp³-hybridized carbons (Fsp3) is 0.500. The molecule has 3 rings (SSSR count). The summed E-state index contributed by atoms with van der Waals surface area (Å²) in [5.41, 5.74) is 11.0.